The molecule has 1 aliphatic carbocycles. The van der Waals surface area contributed by atoms with Gasteiger partial charge in [0, 0.05) is 32.1 Å². The SMILES string of the molecule is CC1CCC(n2cc(NC(=O)c3cnn4ccc(N5CCCOCC5)nc34)c(C(F)F)n2)CC1. The molecule has 9 nitrogen and oxygen atoms in total. The van der Waals surface area contributed by atoms with Gasteiger partial charge in [0.05, 0.1) is 24.5 Å². The van der Waals surface area contributed by atoms with Gasteiger partial charge in [0.2, 0.25) is 0 Å². The van der Waals surface area contributed by atoms with Crippen molar-refractivity contribution in [2.24, 2.45) is 5.92 Å². The summed E-state index contributed by atoms with van der Waals surface area (Å²) in [5.41, 5.74) is 0.195. The molecule has 0 radical (unpaired) electrons. The molecule has 1 N–H and O–H groups in total. The lowest BCUT2D eigenvalue weighted by Crippen LogP contribution is -2.27. The van der Waals surface area contributed by atoms with Gasteiger partial charge in [-0.15, -0.1) is 0 Å². The maximum Gasteiger partial charge on any atom is 0.284 e. The average molecular weight is 474 g/mol. The first-order chi connectivity index (χ1) is 16.5. The van der Waals surface area contributed by atoms with Crippen LogP contribution in [0.15, 0.2) is 24.7 Å². The van der Waals surface area contributed by atoms with Gasteiger partial charge in [0.1, 0.15) is 11.4 Å². The normalized spacial score (nSPS) is 21.7. The van der Waals surface area contributed by atoms with Crippen molar-refractivity contribution in [3.8, 4) is 0 Å². The fourth-order valence-corrected chi connectivity index (χ4v) is 4.72. The predicted molar refractivity (Wildman–Crippen MR) is 122 cm³/mol. The van der Waals surface area contributed by atoms with E-state index in [1.54, 1.807) is 10.9 Å². The van der Waals surface area contributed by atoms with Crippen LogP contribution in [0.25, 0.3) is 5.65 Å². The molecular weight excluding hydrogens is 444 g/mol. The molecule has 11 heteroatoms. The molecule has 5 rings (SSSR count). The Morgan fingerprint density at radius 1 is 1.21 bits per heavy atom. The van der Waals surface area contributed by atoms with Crippen LogP contribution in [0.3, 0.4) is 0 Å². The van der Waals surface area contributed by atoms with Crippen molar-refractivity contribution in [3.05, 3.63) is 35.9 Å². The summed E-state index contributed by atoms with van der Waals surface area (Å²) in [4.78, 5) is 19.9. The molecule has 1 amide bonds. The second kappa shape index (κ2) is 9.65. The number of fused-ring (bicyclic) bond motifs is 1. The smallest absolute Gasteiger partial charge is 0.284 e. The number of amides is 1. The molecule has 1 saturated heterocycles. The van der Waals surface area contributed by atoms with E-state index in [2.05, 4.69) is 32.3 Å². The van der Waals surface area contributed by atoms with Crippen LogP contribution in [0.1, 0.15) is 67.5 Å². The number of anilines is 2. The predicted octanol–water partition coefficient (Wildman–Crippen LogP) is 4.09. The Morgan fingerprint density at radius 2 is 2.03 bits per heavy atom. The van der Waals surface area contributed by atoms with E-state index in [-0.39, 0.29) is 17.3 Å². The number of hydrogen-bond donors (Lipinski definition) is 1. The highest BCUT2D eigenvalue weighted by Crippen LogP contribution is 2.34. The van der Waals surface area contributed by atoms with Crippen LogP contribution in [0, 0.1) is 5.92 Å². The molecular formula is C23H29F2N7O2. The van der Waals surface area contributed by atoms with E-state index in [0.717, 1.165) is 44.5 Å². The molecule has 2 aliphatic rings. The third-order valence-corrected chi connectivity index (χ3v) is 6.72. The summed E-state index contributed by atoms with van der Waals surface area (Å²) in [7, 11) is 0. The quantitative estimate of drug-likeness (QED) is 0.600. The molecule has 0 bridgehead atoms. The number of nitrogens with one attached hydrogen (secondary N) is 1. The molecule has 0 spiro atoms. The van der Waals surface area contributed by atoms with Crippen molar-refractivity contribution in [2.45, 2.75) is 51.5 Å². The van der Waals surface area contributed by atoms with Gasteiger partial charge in [-0.2, -0.15) is 10.2 Å². The van der Waals surface area contributed by atoms with Crippen LogP contribution in [-0.2, 0) is 4.74 Å². The first-order valence-corrected chi connectivity index (χ1v) is 11.8. The van der Waals surface area contributed by atoms with E-state index in [1.165, 1.54) is 16.9 Å². The number of carbonyl (C=O) groups excluding carboxylic acids is 1. The average Bonchev–Trinajstić information content (AvgIpc) is 3.34. The van der Waals surface area contributed by atoms with Crippen LogP contribution in [0.4, 0.5) is 20.3 Å². The topological polar surface area (TPSA) is 89.6 Å². The zero-order chi connectivity index (χ0) is 23.7. The highest BCUT2D eigenvalue weighted by molar-refractivity contribution is 6.08. The van der Waals surface area contributed by atoms with E-state index in [0.29, 0.717) is 31.3 Å². The maximum absolute atomic E-state index is 13.7. The van der Waals surface area contributed by atoms with Crippen molar-refractivity contribution in [1.82, 2.24) is 24.4 Å². The lowest BCUT2D eigenvalue weighted by atomic mass is 9.87. The third kappa shape index (κ3) is 4.61. The Kier molecular flexibility index (Phi) is 6.44. The van der Waals surface area contributed by atoms with E-state index in [1.807, 2.05) is 6.07 Å². The summed E-state index contributed by atoms with van der Waals surface area (Å²) < 4.78 is 36.1. The molecule has 0 aromatic carbocycles. The van der Waals surface area contributed by atoms with Crippen LogP contribution >= 0.6 is 0 Å². The molecule has 0 atom stereocenters. The first kappa shape index (κ1) is 22.7. The van der Waals surface area contributed by atoms with Crippen molar-refractivity contribution < 1.29 is 18.3 Å². The van der Waals surface area contributed by atoms with Gasteiger partial charge in [-0.3, -0.25) is 9.48 Å². The molecule has 2 fully saturated rings. The highest BCUT2D eigenvalue weighted by Gasteiger charge is 2.26. The van der Waals surface area contributed by atoms with Gasteiger partial charge < -0.3 is 15.0 Å². The molecule has 3 aromatic heterocycles. The molecule has 1 saturated carbocycles. The number of alkyl halides is 2. The Balaban J connectivity index is 1.39. The van der Waals surface area contributed by atoms with E-state index >= 15 is 0 Å². The molecule has 4 heterocycles. The van der Waals surface area contributed by atoms with Crippen molar-refractivity contribution >= 4 is 23.1 Å². The molecule has 1 aliphatic heterocycles. The number of carbonyl (C=O) groups is 1. The van der Waals surface area contributed by atoms with Crippen LogP contribution < -0.4 is 10.2 Å². The molecule has 34 heavy (non-hydrogen) atoms. The summed E-state index contributed by atoms with van der Waals surface area (Å²) in [6, 6.07) is 1.91. The van der Waals surface area contributed by atoms with Crippen LogP contribution in [0.2, 0.25) is 0 Å². The van der Waals surface area contributed by atoms with Gasteiger partial charge in [-0.05, 0) is 44.1 Å². The largest absolute Gasteiger partial charge is 0.380 e. The van der Waals surface area contributed by atoms with Crippen LogP contribution in [0.5, 0.6) is 0 Å². The molecule has 182 valence electrons. The lowest BCUT2D eigenvalue weighted by Gasteiger charge is -2.26. The minimum atomic E-state index is -2.79. The Hall–Kier alpha value is -3.08. The summed E-state index contributed by atoms with van der Waals surface area (Å²) in [6.45, 7) is 5.02. The van der Waals surface area contributed by atoms with Gasteiger partial charge in [-0.1, -0.05) is 6.92 Å². The Bertz CT molecular complexity index is 1150. The summed E-state index contributed by atoms with van der Waals surface area (Å²) in [5, 5.41) is 11.0. The van der Waals surface area contributed by atoms with E-state index in [4.69, 9.17) is 4.74 Å². The zero-order valence-corrected chi connectivity index (χ0v) is 19.2. The number of halogens is 2. The number of nitrogens with zero attached hydrogens (tertiary/aromatic N) is 6. The van der Waals surface area contributed by atoms with Crippen molar-refractivity contribution in [1.29, 1.82) is 0 Å². The first-order valence-electron chi connectivity index (χ1n) is 11.8. The number of ether oxygens (including phenoxy) is 1. The number of hydrogen-bond acceptors (Lipinski definition) is 6. The summed E-state index contributed by atoms with van der Waals surface area (Å²) >= 11 is 0. The summed E-state index contributed by atoms with van der Waals surface area (Å²) in [6.07, 6.45) is 6.63. The van der Waals surface area contributed by atoms with Crippen molar-refractivity contribution in [2.75, 3.05) is 36.5 Å². The lowest BCUT2D eigenvalue weighted by molar-refractivity contribution is 0.102. The van der Waals surface area contributed by atoms with Crippen molar-refractivity contribution in [3.63, 3.8) is 0 Å². The van der Waals surface area contributed by atoms with E-state index < -0.39 is 18.0 Å². The second-order valence-electron chi connectivity index (χ2n) is 9.14. The van der Waals surface area contributed by atoms with Gasteiger partial charge in [0.25, 0.3) is 12.3 Å². The van der Waals surface area contributed by atoms with Gasteiger partial charge >= 0.3 is 0 Å². The summed E-state index contributed by atoms with van der Waals surface area (Å²) in [5.74, 6) is 0.813. The zero-order valence-electron chi connectivity index (χ0n) is 19.2. The maximum atomic E-state index is 13.7. The molecule has 3 aromatic rings. The number of rotatable bonds is 5. The second-order valence-corrected chi connectivity index (χ2v) is 9.14. The Labute approximate surface area is 196 Å². The van der Waals surface area contributed by atoms with Gasteiger partial charge in [0.15, 0.2) is 11.3 Å². The standard InChI is InChI=1S/C23H29F2N7O2/c1-15-3-5-16(6-4-15)32-14-18(20(29-32)21(24)25)27-23(33)17-13-26-31-9-7-19(28-22(17)31)30-8-2-11-34-12-10-30/h7,9,13-16,21H,2-6,8,10-12H2,1H3,(H,27,33). The fourth-order valence-electron chi connectivity index (χ4n) is 4.72. The third-order valence-electron chi connectivity index (χ3n) is 6.72. The Morgan fingerprint density at radius 3 is 2.82 bits per heavy atom. The number of aromatic nitrogens is 5. The molecule has 0 unspecified atom stereocenters. The highest BCUT2D eigenvalue weighted by atomic mass is 19.3. The van der Waals surface area contributed by atoms with E-state index in [9.17, 15) is 13.6 Å². The van der Waals surface area contributed by atoms with Gasteiger partial charge in [-0.25, -0.2) is 18.3 Å². The van der Waals surface area contributed by atoms with Crippen LogP contribution in [-0.4, -0.2) is 56.6 Å². The fraction of sp³-hybridized carbons (Fsp3) is 0.565. The monoisotopic (exact) mass is 473 g/mol. The minimum absolute atomic E-state index is 0.0267. The minimum Gasteiger partial charge on any atom is -0.380 e.